The Hall–Kier alpha value is -4.42. The maximum atomic E-state index is 13.9. The highest BCUT2D eigenvalue weighted by Gasteiger charge is 2.27. The van der Waals surface area contributed by atoms with Gasteiger partial charge in [0, 0.05) is 43.7 Å². The number of pyridine rings is 2. The molecule has 2 amide bonds. The number of anilines is 1. The highest BCUT2D eigenvalue weighted by molar-refractivity contribution is 6.30. The van der Waals surface area contributed by atoms with Gasteiger partial charge in [0.1, 0.15) is 29.2 Å². The summed E-state index contributed by atoms with van der Waals surface area (Å²) in [7, 11) is 1.44. The predicted octanol–water partition coefficient (Wildman–Crippen LogP) is 3.81. The van der Waals surface area contributed by atoms with Gasteiger partial charge in [0.15, 0.2) is 0 Å². The third-order valence-corrected chi connectivity index (χ3v) is 6.40. The molecule has 0 unspecified atom stereocenters. The highest BCUT2D eigenvalue weighted by Crippen LogP contribution is 2.26. The Morgan fingerprint density at radius 2 is 1.93 bits per heavy atom. The lowest BCUT2D eigenvalue weighted by molar-refractivity contribution is -0.118. The van der Waals surface area contributed by atoms with Crippen LogP contribution in [0.3, 0.4) is 0 Å². The number of methoxy groups -OCH3 is 1. The van der Waals surface area contributed by atoms with Gasteiger partial charge in [-0.1, -0.05) is 17.7 Å². The van der Waals surface area contributed by atoms with Crippen LogP contribution in [0.2, 0.25) is 5.02 Å². The Bertz CT molecular complexity index is 1590. The number of aromatic nitrogens is 4. The quantitative estimate of drug-likeness (QED) is 0.266. The van der Waals surface area contributed by atoms with E-state index in [1.807, 2.05) is 0 Å². The van der Waals surface area contributed by atoms with Gasteiger partial charge in [0.05, 0.1) is 11.6 Å². The summed E-state index contributed by atoms with van der Waals surface area (Å²) in [5.41, 5.74) is 0.591. The largest absolute Gasteiger partial charge is 0.384 e. The first kappa shape index (κ1) is 28.6. The van der Waals surface area contributed by atoms with Gasteiger partial charge in [-0.25, -0.2) is 13.8 Å². The predicted molar refractivity (Wildman–Crippen MR) is 143 cm³/mol. The molecule has 0 spiro atoms. The van der Waals surface area contributed by atoms with Crippen molar-refractivity contribution in [1.82, 2.24) is 25.1 Å². The Balaban J connectivity index is 1.65. The molecule has 10 nitrogen and oxygen atoms in total. The molecule has 3 heterocycles. The summed E-state index contributed by atoms with van der Waals surface area (Å²) >= 11 is 5.96. The van der Waals surface area contributed by atoms with Gasteiger partial charge < -0.3 is 20.4 Å². The van der Waals surface area contributed by atoms with Crippen LogP contribution in [-0.4, -0.2) is 45.3 Å². The number of carbonyl (C=O) groups is 2. The fraction of sp³-hybridized carbons (Fsp3) is 0.222. The van der Waals surface area contributed by atoms with E-state index in [2.05, 4.69) is 25.7 Å². The first-order valence-corrected chi connectivity index (χ1v) is 12.5. The van der Waals surface area contributed by atoms with Crippen LogP contribution >= 0.6 is 11.6 Å². The van der Waals surface area contributed by atoms with Crippen LogP contribution in [0.25, 0.3) is 0 Å². The number of nitrogens with zero attached hydrogens (tertiary/aromatic N) is 3. The van der Waals surface area contributed by atoms with E-state index >= 15 is 0 Å². The molecule has 1 aromatic carbocycles. The standard InChI is InChI=1S/C27H25ClF2N6O4/c1-3-36-22(7-9-33-36)26(38)35-24(16-4-5-21(30)20(28)10-16)27(39)34-23-11-15(6-8-31-23)19(14-40-2)18-12-17(29)13-32-25(18)37/h4-13,19,24H,3,14H2,1-2H3,(H,32,37)(H,35,38)(H,31,34,39)/t19-,24+/m1/s1. The number of H-pyrrole nitrogens is 1. The number of rotatable bonds is 10. The number of aromatic amines is 1. The molecule has 0 saturated carbocycles. The minimum absolute atomic E-state index is 0.0435. The number of benzene rings is 1. The van der Waals surface area contributed by atoms with Crippen molar-refractivity contribution in [2.24, 2.45) is 0 Å². The molecule has 13 heteroatoms. The fourth-order valence-corrected chi connectivity index (χ4v) is 4.36. The third kappa shape index (κ3) is 6.41. The highest BCUT2D eigenvalue weighted by atomic mass is 35.5. The van der Waals surface area contributed by atoms with Crippen molar-refractivity contribution in [1.29, 1.82) is 0 Å². The zero-order valence-corrected chi connectivity index (χ0v) is 22.2. The van der Waals surface area contributed by atoms with E-state index in [9.17, 15) is 23.2 Å². The Morgan fingerprint density at radius 3 is 2.65 bits per heavy atom. The SMILES string of the molecule is CCn1nccc1C(=O)N[C@H](C(=O)Nc1cc([C@@H](COC)c2cc(F)c[nH]c2=O)ccn1)c1ccc(F)c(Cl)c1. The van der Waals surface area contributed by atoms with Crippen LogP contribution in [0.4, 0.5) is 14.6 Å². The minimum atomic E-state index is -1.29. The van der Waals surface area contributed by atoms with Crippen molar-refractivity contribution >= 4 is 29.2 Å². The second kappa shape index (κ2) is 12.6. The van der Waals surface area contributed by atoms with E-state index in [0.717, 1.165) is 18.3 Å². The summed E-state index contributed by atoms with van der Waals surface area (Å²) in [5.74, 6) is -3.20. The smallest absolute Gasteiger partial charge is 0.270 e. The van der Waals surface area contributed by atoms with Gasteiger partial charge in [-0.3, -0.25) is 19.1 Å². The number of ether oxygens (including phenoxy) is 1. The van der Waals surface area contributed by atoms with Gasteiger partial charge in [0.2, 0.25) is 0 Å². The lowest BCUT2D eigenvalue weighted by atomic mass is 9.93. The van der Waals surface area contributed by atoms with E-state index < -0.39 is 41.0 Å². The number of carbonyl (C=O) groups excluding carboxylic acids is 2. The lowest BCUT2D eigenvalue weighted by Crippen LogP contribution is -2.38. The maximum Gasteiger partial charge on any atom is 0.270 e. The number of halogens is 3. The minimum Gasteiger partial charge on any atom is -0.384 e. The maximum absolute atomic E-state index is 13.9. The molecule has 0 saturated heterocycles. The molecule has 2 atom stereocenters. The lowest BCUT2D eigenvalue weighted by Gasteiger charge is -2.20. The summed E-state index contributed by atoms with van der Waals surface area (Å²) in [5, 5.41) is 9.13. The van der Waals surface area contributed by atoms with Crippen molar-refractivity contribution in [3.05, 3.63) is 110 Å². The molecule has 4 rings (SSSR count). The average Bonchev–Trinajstić information content (AvgIpc) is 3.43. The van der Waals surface area contributed by atoms with Gasteiger partial charge in [-0.05, 0) is 54.4 Å². The van der Waals surface area contributed by atoms with Crippen LogP contribution in [0.5, 0.6) is 0 Å². The number of nitrogens with one attached hydrogen (secondary N) is 3. The molecule has 0 fully saturated rings. The summed E-state index contributed by atoms with van der Waals surface area (Å²) < 4.78 is 34.5. The van der Waals surface area contributed by atoms with Crippen LogP contribution in [0.15, 0.2) is 65.8 Å². The molecule has 0 radical (unpaired) electrons. The molecule has 3 aromatic heterocycles. The number of aryl methyl sites for hydroxylation is 1. The molecule has 4 aromatic rings. The molecule has 0 aliphatic heterocycles. The van der Waals surface area contributed by atoms with Crippen molar-refractivity contribution in [3.8, 4) is 0 Å². The molecular formula is C27H25ClF2N6O4. The van der Waals surface area contributed by atoms with Crippen molar-refractivity contribution in [2.75, 3.05) is 19.0 Å². The molecule has 3 N–H and O–H groups in total. The molecule has 208 valence electrons. The number of amides is 2. The summed E-state index contributed by atoms with van der Waals surface area (Å²) in [6, 6.07) is 8.10. The van der Waals surface area contributed by atoms with Gasteiger partial charge in [0.25, 0.3) is 17.4 Å². The number of hydrogen-bond acceptors (Lipinski definition) is 6. The van der Waals surface area contributed by atoms with Gasteiger partial charge in [-0.2, -0.15) is 5.10 Å². The average molecular weight is 571 g/mol. The molecular weight excluding hydrogens is 546 g/mol. The molecule has 0 bridgehead atoms. The van der Waals surface area contributed by atoms with Crippen LogP contribution in [0, 0.1) is 11.6 Å². The zero-order valence-electron chi connectivity index (χ0n) is 21.5. The van der Waals surface area contributed by atoms with Crippen molar-refractivity contribution in [2.45, 2.75) is 25.4 Å². The van der Waals surface area contributed by atoms with Crippen LogP contribution in [0.1, 0.15) is 46.1 Å². The number of hydrogen-bond donors (Lipinski definition) is 3. The Morgan fingerprint density at radius 1 is 1.12 bits per heavy atom. The van der Waals surface area contributed by atoms with Crippen LogP contribution < -0.4 is 16.2 Å². The van der Waals surface area contributed by atoms with E-state index in [1.165, 1.54) is 48.5 Å². The molecule has 0 aliphatic rings. The molecule has 0 aliphatic carbocycles. The van der Waals surface area contributed by atoms with Crippen LogP contribution in [-0.2, 0) is 16.1 Å². The van der Waals surface area contributed by atoms with E-state index in [0.29, 0.717) is 12.1 Å². The van der Waals surface area contributed by atoms with Crippen molar-refractivity contribution < 1.29 is 23.1 Å². The van der Waals surface area contributed by atoms with E-state index in [1.54, 1.807) is 13.0 Å². The zero-order chi connectivity index (χ0) is 28.8. The van der Waals surface area contributed by atoms with Crippen molar-refractivity contribution in [3.63, 3.8) is 0 Å². The monoisotopic (exact) mass is 570 g/mol. The summed E-state index contributed by atoms with van der Waals surface area (Å²) in [6.45, 7) is 2.27. The Kier molecular flexibility index (Phi) is 9.02. The molecule has 40 heavy (non-hydrogen) atoms. The Labute approximate surface area is 232 Å². The summed E-state index contributed by atoms with van der Waals surface area (Å²) in [6.07, 6.45) is 3.82. The van der Waals surface area contributed by atoms with E-state index in [-0.39, 0.29) is 34.3 Å². The second-order valence-corrected chi connectivity index (χ2v) is 9.09. The van der Waals surface area contributed by atoms with E-state index in [4.69, 9.17) is 16.3 Å². The fourth-order valence-electron chi connectivity index (χ4n) is 4.17. The first-order valence-electron chi connectivity index (χ1n) is 12.1. The van der Waals surface area contributed by atoms with Gasteiger partial charge in [-0.15, -0.1) is 0 Å². The third-order valence-electron chi connectivity index (χ3n) is 6.11. The summed E-state index contributed by atoms with van der Waals surface area (Å²) in [4.78, 5) is 45.5. The topological polar surface area (TPSA) is 131 Å². The first-order chi connectivity index (χ1) is 19.2. The van der Waals surface area contributed by atoms with Gasteiger partial charge >= 0.3 is 0 Å². The normalized spacial score (nSPS) is 12.5. The second-order valence-electron chi connectivity index (χ2n) is 8.69.